The van der Waals surface area contributed by atoms with Gasteiger partial charge in [-0.05, 0) is 42.2 Å². The van der Waals surface area contributed by atoms with Gasteiger partial charge in [0.25, 0.3) is 0 Å². The number of nitrogens with zero attached hydrogens (tertiary/aromatic N) is 1. The molecule has 2 atom stereocenters. The number of carboxylic acid groups (broad SMARTS) is 1. The highest BCUT2D eigenvalue weighted by Crippen LogP contribution is 2.45. The topological polar surface area (TPSA) is 68.7 Å². The Labute approximate surface area is 208 Å². The van der Waals surface area contributed by atoms with Crippen LogP contribution in [0.25, 0.3) is 22.4 Å². The minimum absolute atomic E-state index is 0.0243. The first-order valence-electron chi connectivity index (χ1n) is 12.1. The summed E-state index contributed by atoms with van der Waals surface area (Å²) in [6.45, 7) is 0.337. The minimum atomic E-state index is -0.852. The average molecular weight is 482 g/mol. The fourth-order valence-electron chi connectivity index (χ4n) is 5.37. The Morgan fingerprint density at radius 1 is 1.06 bits per heavy atom. The van der Waals surface area contributed by atoms with E-state index in [9.17, 15) is 4.79 Å². The molecule has 0 amide bonds. The summed E-state index contributed by atoms with van der Waals surface area (Å²) in [6.07, 6.45) is 2.72. The maximum absolute atomic E-state index is 15.2. The zero-order chi connectivity index (χ0) is 24.6. The molecule has 0 fully saturated rings. The number of hydrogen-bond donors (Lipinski definition) is 1. The summed E-state index contributed by atoms with van der Waals surface area (Å²) in [4.78, 5) is 15.8. The Morgan fingerprint density at radius 3 is 2.75 bits per heavy atom. The maximum Gasteiger partial charge on any atom is 0.304 e. The van der Waals surface area contributed by atoms with Crippen LogP contribution in [0.3, 0.4) is 0 Å². The Balaban J connectivity index is 1.32. The first kappa shape index (κ1) is 22.3. The molecule has 1 aliphatic carbocycles. The first-order valence-corrected chi connectivity index (χ1v) is 12.1. The molecule has 0 saturated carbocycles. The summed E-state index contributed by atoms with van der Waals surface area (Å²) >= 11 is 0. The van der Waals surface area contributed by atoms with Crippen LogP contribution in [0.15, 0.2) is 79.0 Å². The Bertz CT molecular complexity index is 1450. The Morgan fingerprint density at radius 2 is 1.92 bits per heavy atom. The monoisotopic (exact) mass is 481 g/mol. The Hall–Kier alpha value is -4.19. The van der Waals surface area contributed by atoms with Gasteiger partial charge < -0.3 is 14.6 Å². The van der Waals surface area contributed by atoms with E-state index in [2.05, 4.69) is 4.98 Å². The highest BCUT2D eigenvalue weighted by atomic mass is 19.1. The fraction of sp³-hybridized carbons (Fsp3) is 0.200. The zero-order valence-corrected chi connectivity index (χ0v) is 19.5. The number of benzene rings is 3. The highest BCUT2D eigenvalue weighted by Gasteiger charge is 2.32. The predicted molar refractivity (Wildman–Crippen MR) is 134 cm³/mol. The lowest BCUT2D eigenvalue weighted by molar-refractivity contribution is -0.137. The number of ether oxygens (including phenoxy) is 2. The van der Waals surface area contributed by atoms with Gasteiger partial charge in [-0.2, -0.15) is 0 Å². The van der Waals surface area contributed by atoms with Crippen molar-refractivity contribution in [3.05, 3.63) is 102 Å². The molecule has 2 aliphatic rings. The molecule has 6 rings (SSSR count). The van der Waals surface area contributed by atoms with Crippen molar-refractivity contribution in [3.63, 3.8) is 0 Å². The van der Waals surface area contributed by atoms with Crippen LogP contribution in [-0.2, 0) is 11.2 Å². The number of fused-ring (bicyclic) bond motifs is 2. The van der Waals surface area contributed by atoms with E-state index in [-0.39, 0.29) is 18.2 Å². The summed E-state index contributed by atoms with van der Waals surface area (Å²) in [5.74, 6) is -0.0835. The van der Waals surface area contributed by atoms with E-state index in [0.29, 0.717) is 36.5 Å². The van der Waals surface area contributed by atoms with Crippen LogP contribution in [0, 0.1) is 5.82 Å². The van der Waals surface area contributed by atoms with Gasteiger partial charge in [-0.15, -0.1) is 0 Å². The number of carbonyl (C=O) groups is 1. The predicted octanol–water partition coefficient (Wildman–Crippen LogP) is 6.57. The second kappa shape index (κ2) is 9.11. The number of hydrogen-bond acceptors (Lipinski definition) is 4. The molecule has 36 heavy (non-hydrogen) atoms. The molecule has 180 valence electrons. The number of rotatable bonds is 6. The van der Waals surface area contributed by atoms with Gasteiger partial charge in [-0.3, -0.25) is 9.78 Å². The molecule has 3 aromatic carbocycles. The lowest BCUT2D eigenvalue weighted by Crippen LogP contribution is -2.07. The van der Waals surface area contributed by atoms with Crippen molar-refractivity contribution in [1.29, 1.82) is 0 Å². The Kier molecular flexibility index (Phi) is 5.64. The third-order valence-corrected chi connectivity index (χ3v) is 6.99. The molecular formula is C30H24FNO4. The third kappa shape index (κ3) is 3.98. The second-order valence-electron chi connectivity index (χ2n) is 9.20. The lowest BCUT2D eigenvalue weighted by Gasteiger charge is -2.18. The molecule has 2 heterocycles. The SMILES string of the molecule is O=C(O)CC1COc2cc(OC3CCc4c(-c5cccnc5-c5ccccc5)ccc(F)c43)ccc21. The van der Waals surface area contributed by atoms with Gasteiger partial charge in [-0.25, -0.2) is 4.39 Å². The quantitative estimate of drug-likeness (QED) is 0.337. The van der Waals surface area contributed by atoms with E-state index in [1.54, 1.807) is 12.3 Å². The molecule has 6 heteroatoms. The minimum Gasteiger partial charge on any atom is -0.492 e. The number of aromatic nitrogens is 1. The summed E-state index contributed by atoms with van der Waals surface area (Å²) in [5, 5.41) is 9.13. The second-order valence-corrected chi connectivity index (χ2v) is 9.20. The highest BCUT2D eigenvalue weighted by molar-refractivity contribution is 5.83. The van der Waals surface area contributed by atoms with E-state index in [4.69, 9.17) is 14.6 Å². The molecule has 1 N–H and O–H groups in total. The van der Waals surface area contributed by atoms with Gasteiger partial charge in [0, 0.05) is 40.4 Å². The van der Waals surface area contributed by atoms with Crippen molar-refractivity contribution in [2.75, 3.05) is 6.61 Å². The van der Waals surface area contributed by atoms with Gasteiger partial charge in [0.05, 0.1) is 18.7 Å². The van der Waals surface area contributed by atoms with Crippen molar-refractivity contribution in [2.24, 2.45) is 0 Å². The lowest BCUT2D eigenvalue weighted by atomic mass is 9.93. The normalized spacial score (nSPS) is 17.8. The number of halogens is 1. The smallest absolute Gasteiger partial charge is 0.304 e. The van der Waals surface area contributed by atoms with Crippen LogP contribution in [0.4, 0.5) is 4.39 Å². The van der Waals surface area contributed by atoms with Gasteiger partial charge in [-0.1, -0.05) is 48.5 Å². The zero-order valence-electron chi connectivity index (χ0n) is 19.5. The van der Waals surface area contributed by atoms with E-state index >= 15 is 4.39 Å². The molecule has 5 nitrogen and oxygen atoms in total. The third-order valence-electron chi connectivity index (χ3n) is 6.99. The van der Waals surface area contributed by atoms with Crippen LogP contribution in [-0.4, -0.2) is 22.7 Å². The van der Waals surface area contributed by atoms with Gasteiger partial charge in [0.1, 0.15) is 23.4 Å². The molecule has 1 aromatic heterocycles. The molecule has 1 aliphatic heterocycles. The van der Waals surface area contributed by atoms with Crippen molar-refractivity contribution in [2.45, 2.75) is 31.3 Å². The molecule has 0 saturated heterocycles. The number of carboxylic acids is 1. The van der Waals surface area contributed by atoms with E-state index < -0.39 is 12.1 Å². The van der Waals surface area contributed by atoms with E-state index in [0.717, 1.165) is 33.5 Å². The standard InChI is InChI=1S/C30H24FNO4/c31-25-12-10-22(24-7-4-14-32-30(24)18-5-2-1-3-6-18)23-11-13-26(29(23)25)36-20-8-9-21-19(15-28(33)34)17-35-27(21)16-20/h1-10,12,14,16,19,26H,11,13,15,17H2,(H,33,34). The van der Waals surface area contributed by atoms with Crippen LogP contribution < -0.4 is 9.47 Å². The van der Waals surface area contributed by atoms with Crippen molar-refractivity contribution < 1.29 is 23.8 Å². The maximum atomic E-state index is 15.2. The summed E-state index contributed by atoms with van der Waals surface area (Å²) in [6, 6.07) is 22.7. The van der Waals surface area contributed by atoms with Crippen molar-refractivity contribution >= 4 is 5.97 Å². The molecule has 4 aromatic rings. The summed E-state index contributed by atoms with van der Waals surface area (Å²) in [5.41, 5.74) is 6.22. The summed E-state index contributed by atoms with van der Waals surface area (Å²) < 4.78 is 27.2. The molecular weight excluding hydrogens is 457 g/mol. The van der Waals surface area contributed by atoms with Gasteiger partial charge >= 0.3 is 5.97 Å². The average Bonchev–Trinajstić information content (AvgIpc) is 3.49. The van der Waals surface area contributed by atoms with Crippen LogP contribution in [0.2, 0.25) is 0 Å². The number of aliphatic carboxylic acids is 1. The van der Waals surface area contributed by atoms with Crippen LogP contribution in [0.5, 0.6) is 11.5 Å². The largest absolute Gasteiger partial charge is 0.492 e. The van der Waals surface area contributed by atoms with Crippen LogP contribution >= 0.6 is 0 Å². The molecule has 0 spiro atoms. The molecule has 0 radical (unpaired) electrons. The van der Waals surface area contributed by atoms with Gasteiger partial charge in [0.2, 0.25) is 0 Å². The number of pyridine rings is 1. The van der Waals surface area contributed by atoms with Crippen molar-refractivity contribution in [1.82, 2.24) is 4.98 Å². The first-order chi connectivity index (χ1) is 17.6. The molecule has 2 unspecified atom stereocenters. The van der Waals surface area contributed by atoms with Crippen molar-refractivity contribution in [3.8, 4) is 33.9 Å². The summed E-state index contributed by atoms with van der Waals surface area (Å²) in [7, 11) is 0. The van der Waals surface area contributed by atoms with Crippen LogP contribution in [0.1, 0.15) is 41.6 Å². The molecule has 0 bridgehead atoms. The van der Waals surface area contributed by atoms with E-state index in [1.807, 2.05) is 60.7 Å². The van der Waals surface area contributed by atoms with E-state index in [1.165, 1.54) is 6.07 Å². The fourth-order valence-corrected chi connectivity index (χ4v) is 5.37. The van der Waals surface area contributed by atoms with Gasteiger partial charge in [0.15, 0.2) is 0 Å².